The van der Waals surface area contributed by atoms with Crippen molar-refractivity contribution in [2.75, 3.05) is 24.7 Å². The highest BCUT2D eigenvalue weighted by Gasteiger charge is 2.07. The maximum absolute atomic E-state index is 11.3. The van der Waals surface area contributed by atoms with E-state index in [1.54, 1.807) is 6.92 Å². The molecule has 114 valence electrons. The number of sulfone groups is 1. The van der Waals surface area contributed by atoms with Gasteiger partial charge in [-0.1, -0.05) is 26.0 Å². The molecule has 1 atom stereocenters. The Kier molecular flexibility index (Phi) is 7.02. The lowest BCUT2D eigenvalue weighted by Gasteiger charge is -2.12. The molecule has 0 saturated carbocycles. The second-order valence-corrected chi connectivity index (χ2v) is 7.36. The number of likely N-dealkylation sites (N-methyl/N-ethyl adjacent to an activating group) is 1. The standard InChI is InChI=1S/C15H25NO3S/c1-4-16-13(3)12-14-6-8-15(9-7-14)19-10-11-20(17,18)5-2/h6-9,13,16H,4-5,10-12H2,1-3H3. The molecule has 0 saturated heterocycles. The third-order valence-electron chi connectivity index (χ3n) is 3.12. The molecule has 1 unspecified atom stereocenters. The molecule has 0 heterocycles. The van der Waals surface area contributed by atoms with E-state index in [1.807, 2.05) is 24.3 Å². The van der Waals surface area contributed by atoms with Gasteiger partial charge in [0.1, 0.15) is 12.4 Å². The normalized spacial score (nSPS) is 13.2. The Hall–Kier alpha value is -1.07. The third-order valence-corrected chi connectivity index (χ3v) is 4.79. The Morgan fingerprint density at radius 1 is 1.20 bits per heavy atom. The van der Waals surface area contributed by atoms with E-state index in [9.17, 15) is 8.42 Å². The Morgan fingerprint density at radius 3 is 2.40 bits per heavy atom. The van der Waals surface area contributed by atoms with Crippen molar-refractivity contribution in [2.24, 2.45) is 0 Å². The first-order chi connectivity index (χ1) is 9.46. The van der Waals surface area contributed by atoms with Gasteiger partial charge in [0.25, 0.3) is 0 Å². The molecule has 0 amide bonds. The lowest BCUT2D eigenvalue weighted by molar-refractivity contribution is 0.341. The number of ether oxygens (including phenoxy) is 1. The van der Waals surface area contributed by atoms with Gasteiger partial charge in [-0.15, -0.1) is 0 Å². The quantitative estimate of drug-likeness (QED) is 0.758. The topological polar surface area (TPSA) is 55.4 Å². The Balaban J connectivity index is 2.43. The zero-order valence-electron chi connectivity index (χ0n) is 12.6. The molecule has 5 heteroatoms. The summed E-state index contributed by atoms with van der Waals surface area (Å²) in [6, 6.07) is 8.29. The maximum Gasteiger partial charge on any atom is 0.153 e. The summed E-state index contributed by atoms with van der Waals surface area (Å²) in [5.74, 6) is 0.955. The summed E-state index contributed by atoms with van der Waals surface area (Å²) in [5.41, 5.74) is 1.24. The summed E-state index contributed by atoms with van der Waals surface area (Å²) < 4.78 is 28.1. The van der Waals surface area contributed by atoms with E-state index in [2.05, 4.69) is 19.2 Å². The van der Waals surface area contributed by atoms with Gasteiger partial charge < -0.3 is 10.1 Å². The van der Waals surface area contributed by atoms with Crippen molar-refractivity contribution in [3.05, 3.63) is 29.8 Å². The van der Waals surface area contributed by atoms with Crippen molar-refractivity contribution in [1.82, 2.24) is 5.32 Å². The van der Waals surface area contributed by atoms with Crippen molar-refractivity contribution in [3.8, 4) is 5.75 Å². The number of benzene rings is 1. The van der Waals surface area contributed by atoms with Crippen LogP contribution in [0.5, 0.6) is 5.75 Å². The summed E-state index contributed by atoms with van der Waals surface area (Å²) >= 11 is 0. The first kappa shape index (κ1) is 17.0. The summed E-state index contributed by atoms with van der Waals surface area (Å²) in [4.78, 5) is 0. The average molecular weight is 299 g/mol. The molecular formula is C15H25NO3S. The Morgan fingerprint density at radius 2 is 1.85 bits per heavy atom. The van der Waals surface area contributed by atoms with E-state index < -0.39 is 9.84 Å². The van der Waals surface area contributed by atoms with Crippen LogP contribution in [0.15, 0.2) is 24.3 Å². The van der Waals surface area contributed by atoms with Crippen LogP contribution in [0.25, 0.3) is 0 Å². The number of rotatable bonds is 9. The summed E-state index contributed by atoms with van der Waals surface area (Å²) in [5, 5.41) is 3.37. The van der Waals surface area contributed by atoms with Crippen LogP contribution in [0.3, 0.4) is 0 Å². The molecule has 1 aromatic rings. The fourth-order valence-corrected chi connectivity index (χ4v) is 2.55. The fraction of sp³-hybridized carbons (Fsp3) is 0.600. The van der Waals surface area contributed by atoms with Gasteiger partial charge in [0.15, 0.2) is 9.84 Å². The lowest BCUT2D eigenvalue weighted by atomic mass is 10.1. The van der Waals surface area contributed by atoms with Crippen LogP contribution in [0.2, 0.25) is 0 Å². The van der Waals surface area contributed by atoms with Gasteiger partial charge in [-0.05, 0) is 37.6 Å². The molecule has 1 N–H and O–H groups in total. The monoisotopic (exact) mass is 299 g/mol. The molecule has 1 rings (SSSR count). The van der Waals surface area contributed by atoms with Crippen LogP contribution in [0.4, 0.5) is 0 Å². The maximum atomic E-state index is 11.3. The average Bonchev–Trinajstić information content (AvgIpc) is 2.41. The molecule has 4 nitrogen and oxygen atoms in total. The molecule has 0 radical (unpaired) electrons. The predicted octanol–water partition coefficient (Wildman–Crippen LogP) is 2.04. The Labute approximate surface area is 122 Å². The largest absolute Gasteiger partial charge is 0.493 e. The predicted molar refractivity (Wildman–Crippen MR) is 83.1 cm³/mol. The second-order valence-electron chi connectivity index (χ2n) is 4.89. The molecule has 0 spiro atoms. The van der Waals surface area contributed by atoms with E-state index in [-0.39, 0.29) is 18.1 Å². The summed E-state index contributed by atoms with van der Waals surface area (Å²) in [6.45, 7) is 7.08. The van der Waals surface area contributed by atoms with Gasteiger partial charge >= 0.3 is 0 Å². The molecule has 0 aliphatic heterocycles. The van der Waals surface area contributed by atoms with Crippen LogP contribution < -0.4 is 10.1 Å². The van der Waals surface area contributed by atoms with E-state index in [1.165, 1.54) is 5.56 Å². The zero-order valence-corrected chi connectivity index (χ0v) is 13.4. The number of hydrogen-bond donors (Lipinski definition) is 1. The number of hydrogen-bond acceptors (Lipinski definition) is 4. The Bertz CT molecular complexity index is 482. The van der Waals surface area contributed by atoms with Crippen molar-refractivity contribution in [1.29, 1.82) is 0 Å². The minimum atomic E-state index is -2.95. The minimum Gasteiger partial charge on any atom is -0.493 e. The van der Waals surface area contributed by atoms with Crippen molar-refractivity contribution in [2.45, 2.75) is 33.2 Å². The van der Waals surface area contributed by atoms with Gasteiger partial charge in [0.05, 0.1) is 5.75 Å². The third kappa shape index (κ3) is 6.39. The summed E-state index contributed by atoms with van der Waals surface area (Å²) in [6.07, 6.45) is 0.971. The van der Waals surface area contributed by atoms with Crippen LogP contribution in [0.1, 0.15) is 26.3 Å². The highest BCUT2D eigenvalue weighted by molar-refractivity contribution is 7.91. The first-order valence-corrected chi connectivity index (χ1v) is 8.94. The zero-order chi connectivity index (χ0) is 15.0. The van der Waals surface area contributed by atoms with Crippen molar-refractivity contribution in [3.63, 3.8) is 0 Å². The van der Waals surface area contributed by atoms with Gasteiger partial charge in [0, 0.05) is 11.8 Å². The second kappa shape index (κ2) is 8.27. The number of nitrogens with one attached hydrogen (secondary N) is 1. The van der Waals surface area contributed by atoms with E-state index in [0.717, 1.165) is 18.7 Å². The fourth-order valence-electron chi connectivity index (χ4n) is 1.93. The van der Waals surface area contributed by atoms with Gasteiger partial charge in [-0.2, -0.15) is 0 Å². The van der Waals surface area contributed by atoms with E-state index >= 15 is 0 Å². The SMILES string of the molecule is CCNC(C)Cc1ccc(OCCS(=O)(=O)CC)cc1. The molecule has 20 heavy (non-hydrogen) atoms. The molecule has 0 aromatic heterocycles. The lowest BCUT2D eigenvalue weighted by Crippen LogP contribution is -2.27. The molecule has 1 aromatic carbocycles. The molecular weight excluding hydrogens is 274 g/mol. The highest BCUT2D eigenvalue weighted by Crippen LogP contribution is 2.13. The van der Waals surface area contributed by atoms with Crippen LogP contribution in [-0.4, -0.2) is 39.1 Å². The highest BCUT2D eigenvalue weighted by atomic mass is 32.2. The minimum absolute atomic E-state index is 0.0721. The van der Waals surface area contributed by atoms with Crippen molar-refractivity contribution < 1.29 is 13.2 Å². The first-order valence-electron chi connectivity index (χ1n) is 7.12. The molecule has 0 fully saturated rings. The molecule has 0 aliphatic carbocycles. The van der Waals surface area contributed by atoms with E-state index in [0.29, 0.717) is 6.04 Å². The van der Waals surface area contributed by atoms with E-state index in [4.69, 9.17) is 4.74 Å². The van der Waals surface area contributed by atoms with Crippen molar-refractivity contribution >= 4 is 9.84 Å². The smallest absolute Gasteiger partial charge is 0.153 e. The molecule has 0 bridgehead atoms. The van der Waals surface area contributed by atoms with Gasteiger partial charge in [-0.25, -0.2) is 8.42 Å². The van der Waals surface area contributed by atoms with Crippen LogP contribution in [0, 0.1) is 0 Å². The van der Waals surface area contributed by atoms with Crippen LogP contribution in [-0.2, 0) is 16.3 Å². The van der Waals surface area contributed by atoms with Gasteiger partial charge in [-0.3, -0.25) is 0 Å². The van der Waals surface area contributed by atoms with Gasteiger partial charge in [0.2, 0.25) is 0 Å². The summed E-state index contributed by atoms with van der Waals surface area (Å²) in [7, 11) is -2.95. The molecule has 0 aliphatic rings. The van der Waals surface area contributed by atoms with Crippen LogP contribution >= 0.6 is 0 Å².